The number of hydrogen-bond acceptors (Lipinski definition) is 6. The number of ether oxygens (including phenoxy) is 2. The van der Waals surface area contributed by atoms with Gasteiger partial charge in [-0.2, -0.15) is 0 Å². The maximum absolute atomic E-state index is 12.4. The zero-order chi connectivity index (χ0) is 25.9. The second-order valence-electron chi connectivity index (χ2n) is 8.20. The molecular formula is C26H20Cl2N4O5. The lowest BCUT2D eigenvalue weighted by Crippen LogP contribution is -2.45. The summed E-state index contributed by atoms with van der Waals surface area (Å²) in [6.45, 7) is -0.0906. The Kier molecular flexibility index (Phi) is 6.98. The first-order valence-electron chi connectivity index (χ1n) is 11.3. The molecule has 1 aliphatic rings. The first-order chi connectivity index (χ1) is 17.9. The van der Waals surface area contributed by atoms with E-state index >= 15 is 0 Å². The lowest BCUT2D eigenvalue weighted by Gasteiger charge is -2.25. The standard InChI is InChI=1S/C26H20Cl2N4O5/c27-17-10-9-15(11-18(17)28)13-32-19-6-2-1-5-16(19)24(26(32)35)31-30-23(33)12-29-25(34)22-14-36-20-7-3-4-8-21(20)37-22/h1-11,22,35H,12-14H2,(H,29,34). The summed E-state index contributed by atoms with van der Waals surface area (Å²) in [5, 5.41) is 22.5. The Morgan fingerprint density at radius 3 is 2.59 bits per heavy atom. The molecular weight excluding hydrogens is 519 g/mol. The fourth-order valence-electron chi connectivity index (χ4n) is 3.92. The number of benzene rings is 3. The summed E-state index contributed by atoms with van der Waals surface area (Å²) in [7, 11) is 0. The molecule has 4 aromatic rings. The normalized spacial score (nSPS) is 14.7. The number of hydrogen-bond donors (Lipinski definition) is 2. The van der Waals surface area contributed by atoms with E-state index in [1.165, 1.54) is 0 Å². The Morgan fingerprint density at radius 1 is 1.03 bits per heavy atom. The van der Waals surface area contributed by atoms with E-state index in [1.54, 1.807) is 59.2 Å². The number of aromatic hydroxyl groups is 1. The number of carbonyl (C=O) groups excluding carboxylic acids is 2. The third kappa shape index (κ3) is 5.23. The summed E-state index contributed by atoms with van der Waals surface area (Å²) in [6, 6.07) is 19.4. The summed E-state index contributed by atoms with van der Waals surface area (Å²) in [5.41, 5.74) is 1.63. The third-order valence-electron chi connectivity index (χ3n) is 5.72. The average molecular weight is 539 g/mol. The van der Waals surface area contributed by atoms with Crippen molar-refractivity contribution in [1.82, 2.24) is 9.88 Å². The molecule has 0 fully saturated rings. The number of amides is 2. The summed E-state index contributed by atoms with van der Waals surface area (Å²) in [6.07, 6.45) is -0.900. The Bertz CT molecular complexity index is 1530. The number of rotatable bonds is 6. The van der Waals surface area contributed by atoms with Crippen LogP contribution in [0.2, 0.25) is 10.0 Å². The molecule has 188 valence electrons. The molecule has 0 saturated heterocycles. The van der Waals surface area contributed by atoms with E-state index in [4.69, 9.17) is 32.7 Å². The lowest BCUT2D eigenvalue weighted by molar-refractivity contribution is -0.132. The summed E-state index contributed by atoms with van der Waals surface area (Å²) in [4.78, 5) is 24.8. The van der Waals surface area contributed by atoms with Crippen molar-refractivity contribution in [3.8, 4) is 17.4 Å². The van der Waals surface area contributed by atoms with Crippen molar-refractivity contribution in [2.75, 3.05) is 13.2 Å². The van der Waals surface area contributed by atoms with Crippen LogP contribution in [0.5, 0.6) is 17.4 Å². The zero-order valence-electron chi connectivity index (χ0n) is 19.2. The molecule has 0 aliphatic carbocycles. The monoisotopic (exact) mass is 538 g/mol. The van der Waals surface area contributed by atoms with Crippen LogP contribution >= 0.6 is 23.2 Å². The number of carbonyl (C=O) groups is 2. The van der Waals surface area contributed by atoms with Crippen molar-refractivity contribution < 1.29 is 24.2 Å². The van der Waals surface area contributed by atoms with E-state index in [0.29, 0.717) is 32.4 Å². The molecule has 2 N–H and O–H groups in total. The predicted molar refractivity (Wildman–Crippen MR) is 138 cm³/mol. The van der Waals surface area contributed by atoms with Gasteiger partial charge in [0, 0.05) is 5.39 Å². The lowest BCUT2D eigenvalue weighted by atomic mass is 10.2. The maximum Gasteiger partial charge on any atom is 0.283 e. The van der Waals surface area contributed by atoms with Gasteiger partial charge < -0.3 is 24.5 Å². The van der Waals surface area contributed by atoms with Crippen LogP contribution in [0, 0.1) is 0 Å². The SMILES string of the molecule is O=C(CNC(=O)C1COc2ccccc2O1)N=Nc1c(O)n(Cc2ccc(Cl)c(Cl)c2)c2ccccc12. The number of azo groups is 1. The Balaban J connectivity index is 1.28. The molecule has 0 spiro atoms. The molecule has 0 bridgehead atoms. The van der Waals surface area contributed by atoms with E-state index in [1.807, 2.05) is 12.1 Å². The topological polar surface area (TPSA) is 115 Å². The van der Waals surface area contributed by atoms with E-state index in [-0.39, 0.29) is 24.7 Å². The van der Waals surface area contributed by atoms with Gasteiger partial charge in [-0.15, -0.1) is 10.2 Å². The van der Waals surface area contributed by atoms with Crippen LogP contribution < -0.4 is 14.8 Å². The number of halogens is 2. The van der Waals surface area contributed by atoms with E-state index in [9.17, 15) is 14.7 Å². The summed E-state index contributed by atoms with van der Waals surface area (Å²) in [5.74, 6) is -0.383. The minimum atomic E-state index is -0.900. The number of fused-ring (bicyclic) bond motifs is 2. The van der Waals surface area contributed by atoms with E-state index < -0.39 is 24.5 Å². The number of nitrogens with one attached hydrogen (secondary N) is 1. The second kappa shape index (κ2) is 10.5. The molecule has 37 heavy (non-hydrogen) atoms. The quantitative estimate of drug-likeness (QED) is 0.324. The highest BCUT2D eigenvalue weighted by atomic mass is 35.5. The average Bonchev–Trinajstić information content (AvgIpc) is 3.18. The fourth-order valence-corrected chi connectivity index (χ4v) is 4.24. The van der Waals surface area contributed by atoms with Crippen LogP contribution in [0.3, 0.4) is 0 Å². The molecule has 3 aromatic carbocycles. The molecule has 1 unspecified atom stereocenters. The molecule has 0 radical (unpaired) electrons. The largest absolute Gasteiger partial charge is 0.493 e. The van der Waals surface area contributed by atoms with Gasteiger partial charge in [0.25, 0.3) is 11.8 Å². The highest BCUT2D eigenvalue weighted by Crippen LogP contribution is 2.39. The van der Waals surface area contributed by atoms with E-state index in [0.717, 1.165) is 5.56 Å². The third-order valence-corrected chi connectivity index (χ3v) is 6.46. The summed E-state index contributed by atoms with van der Waals surface area (Å²) >= 11 is 12.1. The highest BCUT2D eigenvalue weighted by Gasteiger charge is 2.27. The van der Waals surface area contributed by atoms with Crippen molar-refractivity contribution in [2.24, 2.45) is 10.2 Å². The fraction of sp³-hybridized carbons (Fsp3) is 0.154. The predicted octanol–water partition coefficient (Wildman–Crippen LogP) is 5.27. The minimum absolute atomic E-state index is 0.0186. The molecule has 2 heterocycles. The van der Waals surface area contributed by atoms with Crippen LogP contribution in [-0.4, -0.2) is 40.7 Å². The molecule has 1 aromatic heterocycles. The van der Waals surface area contributed by atoms with Crippen molar-refractivity contribution >= 4 is 51.6 Å². The molecule has 1 atom stereocenters. The molecule has 5 rings (SSSR count). The number of aromatic nitrogens is 1. The van der Waals surface area contributed by atoms with Crippen LogP contribution in [0.15, 0.2) is 77.0 Å². The first kappa shape index (κ1) is 24.6. The van der Waals surface area contributed by atoms with E-state index in [2.05, 4.69) is 15.5 Å². The van der Waals surface area contributed by atoms with Crippen LogP contribution in [0.25, 0.3) is 10.9 Å². The van der Waals surface area contributed by atoms with Gasteiger partial charge in [0.15, 0.2) is 17.2 Å². The molecule has 11 heteroatoms. The minimum Gasteiger partial charge on any atom is -0.493 e. The van der Waals surface area contributed by atoms with Gasteiger partial charge in [-0.3, -0.25) is 9.59 Å². The van der Waals surface area contributed by atoms with Crippen LogP contribution in [-0.2, 0) is 16.1 Å². The molecule has 1 aliphatic heterocycles. The molecule has 0 saturated carbocycles. The van der Waals surface area contributed by atoms with Gasteiger partial charge >= 0.3 is 0 Å². The Labute approximate surface area is 221 Å². The smallest absolute Gasteiger partial charge is 0.283 e. The van der Waals surface area contributed by atoms with Gasteiger partial charge in [0.05, 0.1) is 22.1 Å². The number of para-hydroxylation sites is 3. The van der Waals surface area contributed by atoms with Crippen molar-refractivity contribution in [3.05, 3.63) is 82.3 Å². The molecule has 2 amide bonds. The van der Waals surface area contributed by atoms with Crippen LogP contribution in [0.1, 0.15) is 5.56 Å². The Morgan fingerprint density at radius 2 is 1.78 bits per heavy atom. The second-order valence-corrected chi connectivity index (χ2v) is 9.01. The van der Waals surface area contributed by atoms with Gasteiger partial charge in [0.2, 0.25) is 12.0 Å². The highest BCUT2D eigenvalue weighted by molar-refractivity contribution is 6.42. The van der Waals surface area contributed by atoms with Gasteiger partial charge in [-0.25, -0.2) is 0 Å². The van der Waals surface area contributed by atoms with Crippen molar-refractivity contribution in [3.63, 3.8) is 0 Å². The zero-order valence-corrected chi connectivity index (χ0v) is 20.7. The molecule has 9 nitrogen and oxygen atoms in total. The summed E-state index contributed by atoms with van der Waals surface area (Å²) < 4.78 is 12.8. The Hall–Kier alpha value is -4.08. The van der Waals surface area contributed by atoms with Gasteiger partial charge in [-0.05, 0) is 35.9 Å². The number of nitrogens with zero attached hydrogens (tertiary/aromatic N) is 3. The van der Waals surface area contributed by atoms with Gasteiger partial charge in [0.1, 0.15) is 13.2 Å². The van der Waals surface area contributed by atoms with Crippen molar-refractivity contribution in [2.45, 2.75) is 12.6 Å². The maximum atomic E-state index is 12.4. The van der Waals surface area contributed by atoms with Crippen molar-refractivity contribution in [1.29, 1.82) is 0 Å². The van der Waals surface area contributed by atoms with Gasteiger partial charge in [-0.1, -0.05) is 59.6 Å². The first-order valence-corrected chi connectivity index (χ1v) is 12.0. The van der Waals surface area contributed by atoms with Crippen LogP contribution in [0.4, 0.5) is 5.69 Å².